The zero-order valence-corrected chi connectivity index (χ0v) is 18.6. The minimum atomic E-state index is -0.134. The molecule has 0 spiro atoms. The van der Waals surface area contributed by atoms with E-state index in [-0.39, 0.29) is 5.91 Å². The van der Waals surface area contributed by atoms with Gasteiger partial charge in [0.25, 0.3) is 5.91 Å². The molecule has 6 heteroatoms. The topological polar surface area (TPSA) is 59.3 Å². The summed E-state index contributed by atoms with van der Waals surface area (Å²) in [4.78, 5) is 14.7. The molecule has 1 aliphatic carbocycles. The molecule has 0 saturated carbocycles. The second kappa shape index (κ2) is 8.96. The van der Waals surface area contributed by atoms with Crippen LogP contribution < -0.4 is 5.43 Å². The van der Waals surface area contributed by atoms with Crippen LogP contribution in [0.4, 0.5) is 0 Å². The van der Waals surface area contributed by atoms with Crippen molar-refractivity contribution in [3.05, 3.63) is 74.2 Å². The van der Waals surface area contributed by atoms with E-state index in [1.807, 2.05) is 36.7 Å². The molecule has 0 unspecified atom stereocenters. The molecule has 0 radical (unpaired) electrons. The van der Waals surface area contributed by atoms with Gasteiger partial charge >= 0.3 is 0 Å². The summed E-state index contributed by atoms with van der Waals surface area (Å²) in [7, 11) is 0. The molecule has 30 heavy (non-hydrogen) atoms. The van der Waals surface area contributed by atoms with Gasteiger partial charge in [-0.25, -0.2) is 5.43 Å². The molecule has 0 aliphatic heterocycles. The third-order valence-electron chi connectivity index (χ3n) is 5.96. The summed E-state index contributed by atoms with van der Waals surface area (Å²) in [6.45, 7) is 6.96. The highest BCUT2D eigenvalue weighted by molar-refractivity contribution is 7.14. The molecule has 5 nitrogen and oxygen atoms in total. The Bertz CT molecular complexity index is 1060. The highest BCUT2D eigenvalue weighted by Gasteiger charge is 2.22. The number of aryl methyl sites for hydroxylation is 2. The van der Waals surface area contributed by atoms with Crippen LogP contribution in [0, 0.1) is 19.8 Å². The van der Waals surface area contributed by atoms with E-state index in [1.54, 1.807) is 17.6 Å². The Morgan fingerprint density at radius 3 is 2.90 bits per heavy atom. The zero-order valence-electron chi connectivity index (χ0n) is 17.8. The number of nitrogens with one attached hydrogen (secondary N) is 1. The fraction of sp³-hybridized carbons (Fsp3) is 0.375. The fourth-order valence-corrected chi connectivity index (χ4v) is 5.18. The summed E-state index contributed by atoms with van der Waals surface area (Å²) in [5, 5.41) is 8.86. The number of carbonyl (C=O) groups excluding carboxylic acids is 1. The first kappa shape index (κ1) is 20.5. The molecule has 3 aromatic rings. The number of rotatable bonds is 6. The lowest BCUT2D eigenvalue weighted by molar-refractivity contribution is 0.0959. The van der Waals surface area contributed by atoms with Crippen LogP contribution in [-0.4, -0.2) is 21.9 Å². The summed E-state index contributed by atoms with van der Waals surface area (Å²) in [6, 6.07) is 12.3. The Morgan fingerprint density at radius 2 is 2.13 bits per heavy atom. The van der Waals surface area contributed by atoms with Crippen LogP contribution in [0.1, 0.15) is 62.4 Å². The highest BCUT2D eigenvalue weighted by atomic mass is 32.1. The fourth-order valence-electron chi connectivity index (χ4n) is 4.08. The molecule has 1 amide bonds. The number of benzene rings is 1. The van der Waals surface area contributed by atoms with E-state index in [2.05, 4.69) is 40.7 Å². The SMILES string of the molecule is CC[C@H]1CCc2sc(C(=O)N/N=C\c3c(C)nn(Cc4ccccc4)c3C)cc2C1. The Balaban J connectivity index is 1.42. The Kier molecular flexibility index (Phi) is 6.13. The van der Waals surface area contributed by atoms with E-state index < -0.39 is 0 Å². The van der Waals surface area contributed by atoms with Crippen molar-refractivity contribution < 1.29 is 4.79 Å². The predicted molar refractivity (Wildman–Crippen MR) is 122 cm³/mol. The largest absolute Gasteiger partial charge is 0.281 e. The van der Waals surface area contributed by atoms with Crippen LogP contribution in [0.15, 0.2) is 41.5 Å². The first-order valence-corrected chi connectivity index (χ1v) is 11.4. The first-order chi connectivity index (χ1) is 14.5. The Hall–Kier alpha value is -2.73. The number of amides is 1. The van der Waals surface area contributed by atoms with Gasteiger partial charge in [0.05, 0.1) is 23.3 Å². The average molecular weight is 421 g/mol. The van der Waals surface area contributed by atoms with Crippen molar-refractivity contribution in [2.24, 2.45) is 11.0 Å². The van der Waals surface area contributed by atoms with Crippen molar-refractivity contribution in [2.45, 2.75) is 53.0 Å². The van der Waals surface area contributed by atoms with Gasteiger partial charge in [-0.05, 0) is 56.2 Å². The Morgan fingerprint density at radius 1 is 1.33 bits per heavy atom. The summed E-state index contributed by atoms with van der Waals surface area (Å²) in [5.41, 5.74) is 8.13. The van der Waals surface area contributed by atoms with Crippen LogP contribution >= 0.6 is 11.3 Å². The number of thiophene rings is 1. The van der Waals surface area contributed by atoms with E-state index in [1.165, 1.54) is 28.8 Å². The van der Waals surface area contributed by atoms with Crippen LogP contribution in [0.5, 0.6) is 0 Å². The summed E-state index contributed by atoms with van der Waals surface area (Å²) in [6.07, 6.45) is 6.33. The van der Waals surface area contributed by atoms with Crippen molar-refractivity contribution >= 4 is 23.5 Å². The number of carbonyl (C=O) groups is 1. The maximum atomic E-state index is 12.6. The predicted octanol–water partition coefficient (Wildman–Crippen LogP) is 4.89. The quantitative estimate of drug-likeness (QED) is 0.456. The van der Waals surface area contributed by atoms with E-state index in [4.69, 9.17) is 0 Å². The van der Waals surface area contributed by atoms with Crippen molar-refractivity contribution in [3.63, 3.8) is 0 Å². The van der Waals surface area contributed by atoms with Gasteiger partial charge in [-0.2, -0.15) is 10.2 Å². The number of hydrogen-bond donors (Lipinski definition) is 1. The molecule has 1 aliphatic rings. The van der Waals surface area contributed by atoms with Crippen molar-refractivity contribution in [3.8, 4) is 0 Å². The number of aromatic nitrogens is 2. The van der Waals surface area contributed by atoms with Gasteiger partial charge < -0.3 is 0 Å². The van der Waals surface area contributed by atoms with Crippen LogP contribution in [0.2, 0.25) is 0 Å². The minimum Gasteiger partial charge on any atom is -0.266 e. The van der Waals surface area contributed by atoms with E-state index in [0.29, 0.717) is 6.54 Å². The van der Waals surface area contributed by atoms with Gasteiger partial charge in [0, 0.05) is 16.1 Å². The van der Waals surface area contributed by atoms with Gasteiger partial charge in [-0.15, -0.1) is 11.3 Å². The second-order valence-corrected chi connectivity index (χ2v) is 9.14. The molecule has 156 valence electrons. The van der Waals surface area contributed by atoms with Gasteiger partial charge in [-0.1, -0.05) is 43.7 Å². The maximum absolute atomic E-state index is 12.6. The second-order valence-electron chi connectivity index (χ2n) is 8.00. The molecule has 4 rings (SSSR count). The third-order valence-corrected chi connectivity index (χ3v) is 7.19. The van der Waals surface area contributed by atoms with Crippen molar-refractivity contribution in [1.82, 2.24) is 15.2 Å². The van der Waals surface area contributed by atoms with E-state index >= 15 is 0 Å². The number of hydrazone groups is 1. The minimum absolute atomic E-state index is 0.134. The lowest BCUT2D eigenvalue weighted by Crippen LogP contribution is -2.16. The number of fused-ring (bicyclic) bond motifs is 1. The molecule has 1 aromatic carbocycles. The van der Waals surface area contributed by atoms with Gasteiger partial charge in [0.15, 0.2) is 0 Å². The normalized spacial score (nSPS) is 16.0. The average Bonchev–Trinajstić information content (AvgIpc) is 3.30. The lowest BCUT2D eigenvalue weighted by atomic mass is 9.87. The van der Waals surface area contributed by atoms with E-state index in [9.17, 15) is 4.79 Å². The molecule has 0 fully saturated rings. The van der Waals surface area contributed by atoms with Crippen molar-refractivity contribution in [2.75, 3.05) is 0 Å². The number of nitrogens with zero attached hydrogens (tertiary/aromatic N) is 3. The maximum Gasteiger partial charge on any atom is 0.281 e. The standard InChI is InChI=1S/C24H28N4OS/c1-4-18-10-11-22-20(12-18)13-23(30-22)24(29)26-25-14-21-16(2)27-28(17(21)3)15-19-8-6-5-7-9-19/h5-9,13-14,18H,4,10-12,15H2,1-3H3,(H,26,29)/b25-14-/t18-/m0/s1. The number of hydrogen-bond acceptors (Lipinski definition) is 4. The molecule has 2 heterocycles. The Labute approximate surface area is 181 Å². The summed E-state index contributed by atoms with van der Waals surface area (Å²) < 4.78 is 1.98. The molecular weight excluding hydrogens is 392 g/mol. The molecule has 1 N–H and O–H groups in total. The first-order valence-electron chi connectivity index (χ1n) is 10.6. The lowest BCUT2D eigenvalue weighted by Gasteiger charge is -2.19. The summed E-state index contributed by atoms with van der Waals surface area (Å²) >= 11 is 1.61. The van der Waals surface area contributed by atoms with Crippen molar-refractivity contribution in [1.29, 1.82) is 0 Å². The van der Waals surface area contributed by atoms with Gasteiger partial charge in [0.2, 0.25) is 0 Å². The highest BCUT2D eigenvalue weighted by Crippen LogP contribution is 2.33. The molecule has 2 aromatic heterocycles. The van der Waals surface area contributed by atoms with Crippen LogP contribution in [0.3, 0.4) is 0 Å². The monoisotopic (exact) mass is 420 g/mol. The van der Waals surface area contributed by atoms with Crippen LogP contribution in [0.25, 0.3) is 0 Å². The third kappa shape index (κ3) is 4.38. The van der Waals surface area contributed by atoms with E-state index in [0.717, 1.165) is 40.6 Å². The smallest absolute Gasteiger partial charge is 0.266 e. The molecule has 0 bridgehead atoms. The van der Waals surface area contributed by atoms with Gasteiger partial charge in [0.1, 0.15) is 0 Å². The van der Waals surface area contributed by atoms with Gasteiger partial charge in [-0.3, -0.25) is 9.48 Å². The summed E-state index contributed by atoms with van der Waals surface area (Å²) in [5.74, 6) is 0.616. The molecule has 1 atom stereocenters. The molecular formula is C24H28N4OS. The molecule has 0 saturated heterocycles. The zero-order chi connectivity index (χ0) is 21.1. The van der Waals surface area contributed by atoms with Crippen LogP contribution in [-0.2, 0) is 19.4 Å².